The van der Waals surface area contributed by atoms with Gasteiger partial charge in [0.05, 0.1) is 22.4 Å². The van der Waals surface area contributed by atoms with E-state index in [1.807, 2.05) is 25.5 Å². The number of halogens is 1. The number of hydrogen-bond donors (Lipinski definition) is 1. The number of aromatic nitrogens is 2. The third-order valence-corrected chi connectivity index (χ3v) is 4.85. The van der Waals surface area contributed by atoms with Gasteiger partial charge in [0, 0.05) is 19.0 Å². The van der Waals surface area contributed by atoms with E-state index in [0.717, 1.165) is 22.4 Å². The Kier molecular flexibility index (Phi) is 4.70. The molecule has 0 aliphatic carbocycles. The number of aryl methyl sites for hydroxylation is 2. The highest BCUT2D eigenvalue weighted by molar-refractivity contribution is 9.10. The van der Waals surface area contributed by atoms with Crippen molar-refractivity contribution in [1.82, 2.24) is 20.0 Å². The van der Waals surface area contributed by atoms with Gasteiger partial charge >= 0.3 is 0 Å². The number of rotatable bonds is 3. The van der Waals surface area contributed by atoms with Crippen LogP contribution in [0.4, 0.5) is 0 Å². The lowest BCUT2D eigenvalue weighted by Gasteiger charge is -2.28. The molecule has 1 aromatic rings. The second kappa shape index (κ2) is 6.17. The second-order valence-electron chi connectivity index (χ2n) is 5.47. The van der Waals surface area contributed by atoms with Crippen LogP contribution in [0.15, 0.2) is 4.47 Å². The number of carbonyl (C=O) groups excluding carboxylic acids is 2. The van der Waals surface area contributed by atoms with Gasteiger partial charge in [-0.25, -0.2) is 0 Å². The minimum absolute atomic E-state index is 0.0539. The molecule has 2 heterocycles. The molecule has 0 radical (unpaired) electrons. The Labute approximate surface area is 133 Å². The quantitative estimate of drug-likeness (QED) is 0.894. The number of hydrogen-bond acceptors (Lipinski definition) is 3. The molecule has 0 bridgehead atoms. The monoisotopic (exact) mass is 356 g/mol. The predicted molar refractivity (Wildman–Crippen MR) is 82.6 cm³/mol. The van der Waals surface area contributed by atoms with Gasteiger partial charge in [0.15, 0.2) is 0 Å². The predicted octanol–water partition coefficient (Wildman–Crippen LogP) is 1.60. The Morgan fingerprint density at radius 3 is 2.67 bits per heavy atom. The molecule has 1 N–H and O–H groups in total. The van der Waals surface area contributed by atoms with Crippen LogP contribution in [-0.2, 0) is 22.7 Å². The van der Waals surface area contributed by atoms with E-state index in [0.29, 0.717) is 13.0 Å². The van der Waals surface area contributed by atoms with E-state index in [-0.39, 0.29) is 17.9 Å². The second-order valence-corrected chi connectivity index (χ2v) is 6.26. The van der Waals surface area contributed by atoms with Crippen LogP contribution in [-0.4, -0.2) is 38.6 Å². The third kappa shape index (κ3) is 3.12. The minimum atomic E-state index is -0.486. The summed E-state index contributed by atoms with van der Waals surface area (Å²) in [6.07, 6.45) is 0.326. The van der Waals surface area contributed by atoms with Crippen molar-refractivity contribution in [3.05, 3.63) is 15.9 Å². The molecule has 21 heavy (non-hydrogen) atoms. The van der Waals surface area contributed by atoms with Crippen molar-refractivity contribution in [2.75, 3.05) is 0 Å². The molecule has 0 aromatic carbocycles. The van der Waals surface area contributed by atoms with Gasteiger partial charge < -0.3 is 10.2 Å². The van der Waals surface area contributed by atoms with Crippen LogP contribution in [0.5, 0.6) is 0 Å². The molecule has 1 saturated heterocycles. The zero-order valence-electron chi connectivity index (χ0n) is 12.8. The average Bonchev–Trinajstić information content (AvgIpc) is 2.65. The van der Waals surface area contributed by atoms with E-state index < -0.39 is 6.04 Å². The van der Waals surface area contributed by atoms with E-state index in [4.69, 9.17) is 0 Å². The standard InChI is InChI=1S/C14H21BrN4O2/c1-5-19-11(13(15)9(3)17-19)7-18-8(2)6-12(20)16-10(4)14(18)21/h8,10H,5-7H2,1-4H3,(H,16,20). The highest BCUT2D eigenvalue weighted by Crippen LogP contribution is 2.24. The Hall–Kier alpha value is -1.37. The fourth-order valence-electron chi connectivity index (χ4n) is 2.62. The molecule has 2 rings (SSSR count). The first-order chi connectivity index (χ1) is 9.85. The van der Waals surface area contributed by atoms with Crippen LogP contribution in [0.25, 0.3) is 0 Å². The van der Waals surface area contributed by atoms with E-state index in [9.17, 15) is 9.59 Å². The van der Waals surface area contributed by atoms with Gasteiger partial charge in [-0.2, -0.15) is 5.10 Å². The Morgan fingerprint density at radius 2 is 2.05 bits per heavy atom. The lowest BCUT2D eigenvalue weighted by molar-refractivity contribution is -0.135. The zero-order valence-corrected chi connectivity index (χ0v) is 14.4. The van der Waals surface area contributed by atoms with E-state index in [1.54, 1.807) is 11.8 Å². The number of amides is 2. The zero-order chi connectivity index (χ0) is 15.7. The van der Waals surface area contributed by atoms with Crippen LogP contribution in [0, 0.1) is 6.92 Å². The topological polar surface area (TPSA) is 67.2 Å². The summed E-state index contributed by atoms with van der Waals surface area (Å²) in [5.74, 6) is -0.133. The molecular weight excluding hydrogens is 336 g/mol. The van der Waals surface area contributed by atoms with Gasteiger partial charge in [-0.05, 0) is 43.6 Å². The smallest absolute Gasteiger partial charge is 0.245 e. The fourth-order valence-corrected chi connectivity index (χ4v) is 3.03. The Bertz CT molecular complexity index is 570. The van der Waals surface area contributed by atoms with Crippen LogP contribution in [0.3, 0.4) is 0 Å². The summed E-state index contributed by atoms with van der Waals surface area (Å²) < 4.78 is 2.82. The maximum Gasteiger partial charge on any atom is 0.245 e. The molecular formula is C14H21BrN4O2. The first-order valence-corrected chi connectivity index (χ1v) is 7.96. The maximum atomic E-state index is 12.5. The highest BCUT2D eigenvalue weighted by Gasteiger charge is 2.32. The fraction of sp³-hybridized carbons (Fsp3) is 0.643. The molecule has 1 aliphatic rings. The molecule has 0 saturated carbocycles. The van der Waals surface area contributed by atoms with Crippen molar-refractivity contribution >= 4 is 27.7 Å². The minimum Gasteiger partial charge on any atom is -0.345 e. The van der Waals surface area contributed by atoms with Gasteiger partial charge in [0.2, 0.25) is 11.8 Å². The summed E-state index contributed by atoms with van der Waals surface area (Å²) in [7, 11) is 0. The van der Waals surface area contributed by atoms with E-state index in [2.05, 4.69) is 26.3 Å². The van der Waals surface area contributed by atoms with Crippen LogP contribution >= 0.6 is 15.9 Å². The molecule has 2 amide bonds. The lowest BCUT2D eigenvalue weighted by atomic mass is 10.2. The molecule has 116 valence electrons. The van der Waals surface area contributed by atoms with Crippen LogP contribution < -0.4 is 5.32 Å². The third-order valence-electron chi connectivity index (χ3n) is 3.82. The Morgan fingerprint density at radius 1 is 1.38 bits per heavy atom. The highest BCUT2D eigenvalue weighted by atomic mass is 79.9. The van der Waals surface area contributed by atoms with Gasteiger partial charge in [0.25, 0.3) is 0 Å². The van der Waals surface area contributed by atoms with Gasteiger partial charge in [-0.15, -0.1) is 0 Å². The molecule has 2 atom stereocenters. The van der Waals surface area contributed by atoms with Crippen LogP contribution in [0.2, 0.25) is 0 Å². The summed E-state index contributed by atoms with van der Waals surface area (Å²) in [5.41, 5.74) is 1.88. The summed E-state index contributed by atoms with van der Waals surface area (Å²) in [6.45, 7) is 8.77. The van der Waals surface area contributed by atoms with Gasteiger partial charge in [0.1, 0.15) is 6.04 Å². The van der Waals surface area contributed by atoms with Crippen molar-refractivity contribution in [2.45, 2.75) is 59.3 Å². The van der Waals surface area contributed by atoms with Crippen molar-refractivity contribution in [2.24, 2.45) is 0 Å². The molecule has 0 spiro atoms. The van der Waals surface area contributed by atoms with Gasteiger partial charge in [-0.1, -0.05) is 0 Å². The number of carbonyl (C=O) groups is 2. The van der Waals surface area contributed by atoms with Crippen molar-refractivity contribution in [1.29, 1.82) is 0 Å². The number of nitrogens with zero attached hydrogens (tertiary/aromatic N) is 3. The maximum absolute atomic E-state index is 12.5. The molecule has 6 nitrogen and oxygen atoms in total. The van der Waals surface area contributed by atoms with E-state index >= 15 is 0 Å². The molecule has 1 aliphatic heterocycles. The van der Waals surface area contributed by atoms with Crippen LogP contribution in [0.1, 0.15) is 38.6 Å². The van der Waals surface area contributed by atoms with Gasteiger partial charge in [-0.3, -0.25) is 14.3 Å². The SMILES string of the molecule is CCn1nc(C)c(Br)c1CN1C(=O)C(C)NC(=O)CC1C. The number of nitrogens with one attached hydrogen (secondary N) is 1. The molecule has 7 heteroatoms. The first-order valence-electron chi connectivity index (χ1n) is 7.16. The largest absolute Gasteiger partial charge is 0.345 e. The first kappa shape index (κ1) is 16.0. The van der Waals surface area contributed by atoms with Crippen molar-refractivity contribution in [3.8, 4) is 0 Å². The average molecular weight is 357 g/mol. The normalized spacial score (nSPS) is 23.2. The molecule has 2 unspecified atom stereocenters. The summed E-state index contributed by atoms with van der Waals surface area (Å²) in [6, 6.07) is -0.616. The Balaban J connectivity index is 2.32. The van der Waals surface area contributed by atoms with Crippen molar-refractivity contribution < 1.29 is 9.59 Å². The van der Waals surface area contributed by atoms with Crippen molar-refractivity contribution in [3.63, 3.8) is 0 Å². The molecule has 1 aromatic heterocycles. The summed E-state index contributed by atoms with van der Waals surface area (Å²) >= 11 is 3.55. The van der Waals surface area contributed by atoms with E-state index in [1.165, 1.54) is 0 Å². The molecule has 1 fully saturated rings. The summed E-state index contributed by atoms with van der Waals surface area (Å²) in [5, 5.41) is 7.17. The summed E-state index contributed by atoms with van der Waals surface area (Å²) in [4.78, 5) is 26.0. The lowest BCUT2D eigenvalue weighted by Crippen LogP contribution is -2.44.